The molecule has 16 nitrogen and oxygen atoms in total. The van der Waals surface area contributed by atoms with Crippen molar-refractivity contribution in [1.29, 1.82) is 0 Å². The number of ether oxygens (including phenoxy) is 2. The van der Waals surface area contributed by atoms with Gasteiger partial charge in [0.1, 0.15) is 29.6 Å². The van der Waals surface area contributed by atoms with Gasteiger partial charge >= 0.3 is 0 Å². The van der Waals surface area contributed by atoms with Crippen molar-refractivity contribution in [2.45, 2.75) is 57.8 Å². The van der Waals surface area contributed by atoms with Crippen LogP contribution in [0.3, 0.4) is 0 Å². The van der Waals surface area contributed by atoms with E-state index in [1.54, 1.807) is 18.5 Å². The molecule has 2 aromatic heterocycles. The second kappa shape index (κ2) is 16.1. The van der Waals surface area contributed by atoms with Gasteiger partial charge in [0, 0.05) is 89.0 Å². The van der Waals surface area contributed by atoms with Gasteiger partial charge in [0.05, 0.1) is 41.2 Å². The van der Waals surface area contributed by atoms with Crippen molar-refractivity contribution in [2.24, 2.45) is 5.92 Å². The predicted molar refractivity (Wildman–Crippen MR) is 216 cm³/mol. The number of aromatic nitrogens is 4. The van der Waals surface area contributed by atoms with Gasteiger partial charge in [0.2, 0.25) is 11.8 Å². The maximum Gasteiger partial charge on any atom is 0.262 e. The standard InChI is InChI=1S/C42H50N10O6/c1-26(2)58-29-4-6-34-33(20-29)39(47-46-34)35-21-37(44-25-43-35)51-17-18-57-30(24-51)23-49-15-13-48(14-16-49)22-27-9-11-50(12-10-27)28-3-5-31-32(19-28)42(56)52(41(31)55)36-7-8-38(53)45-40(36)54/h3-6,19-21,25-27,30,36H,7-18,22-24H2,1-2H3,(H,46,47)(H,45,53,54). The molecule has 58 heavy (non-hydrogen) atoms. The third-order valence-corrected chi connectivity index (χ3v) is 12.1. The van der Waals surface area contributed by atoms with Crippen LogP contribution in [-0.4, -0.2) is 149 Å². The topological polar surface area (TPSA) is 169 Å². The van der Waals surface area contributed by atoms with E-state index in [1.807, 2.05) is 44.2 Å². The lowest BCUT2D eigenvalue weighted by atomic mass is 9.95. The summed E-state index contributed by atoms with van der Waals surface area (Å²) in [6.07, 6.45) is 4.12. The van der Waals surface area contributed by atoms with E-state index in [-0.39, 0.29) is 31.0 Å². The third kappa shape index (κ3) is 7.75. The van der Waals surface area contributed by atoms with E-state index in [0.717, 1.165) is 123 Å². The van der Waals surface area contributed by atoms with Crippen LogP contribution in [0.4, 0.5) is 11.5 Å². The first-order chi connectivity index (χ1) is 28.2. The number of anilines is 2. The van der Waals surface area contributed by atoms with E-state index < -0.39 is 23.8 Å². The molecule has 0 radical (unpaired) electrons. The molecule has 16 heteroatoms. The number of nitrogens with zero attached hydrogens (tertiary/aromatic N) is 8. The van der Waals surface area contributed by atoms with Gasteiger partial charge in [-0.3, -0.25) is 39.4 Å². The number of piperidine rings is 2. The minimum Gasteiger partial charge on any atom is -0.491 e. The number of fused-ring (bicyclic) bond motifs is 2. The molecule has 2 unspecified atom stereocenters. The molecule has 4 aromatic rings. The summed E-state index contributed by atoms with van der Waals surface area (Å²) in [6, 6.07) is 12.4. The third-order valence-electron chi connectivity index (χ3n) is 12.1. The van der Waals surface area contributed by atoms with Gasteiger partial charge < -0.3 is 24.2 Å². The SMILES string of the molecule is CC(C)Oc1ccc2[nH]nc(-c3cc(N4CCOC(CN5CCN(CC6CCN(c7ccc8c(c7)C(=O)N(C7CCC(=O)NC7=O)C8=O)CC6)CC5)C4)ncn3)c2c1. The van der Waals surface area contributed by atoms with Crippen molar-refractivity contribution in [1.82, 2.24) is 40.2 Å². The highest BCUT2D eigenvalue weighted by molar-refractivity contribution is 6.23. The number of carbonyl (C=O) groups is 4. The lowest BCUT2D eigenvalue weighted by molar-refractivity contribution is -0.136. The van der Waals surface area contributed by atoms with Crippen molar-refractivity contribution in [3.8, 4) is 17.1 Å². The summed E-state index contributed by atoms with van der Waals surface area (Å²) in [7, 11) is 0. The molecule has 0 bridgehead atoms. The monoisotopic (exact) mass is 790 g/mol. The molecule has 9 rings (SSSR count). The summed E-state index contributed by atoms with van der Waals surface area (Å²) < 4.78 is 12.2. The first-order valence-corrected chi connectivity index (χ1v) is 20.6. The lowest BCUT2D eigenvalue weighted by Gasteiger charge is -2.41. The van der Waals surface area contributed by atoms with Gasteiger partial charge in [-0.25, -0.2) is 9.97 Å². The molecule has 4 amide bonds. The highest BCUT2D eigenvalue weighted by Crippen LogP contribution is 2.33. The molecule has 4 fully saturated rings. The molecule has 7 heterocycles. The molecule has 2 N–H and O–H groups in total. The number of hydrogen-bond acceptors (Lipinski definition) is 13. The van der Waals surface area contributed by atoms with E-state index in [0.29, 0.717) is 23.7 Å². The molecule has 5 aliphatic rings. The average Bonchev–Trinajstić information content (AvgIpc) is 3.76. The zero-order valence-electron chi connectivity index (χ0n) is 33.1. The van der Waals surface area contributed by atoms with Crippen LogP contribution in [0.1, 0.15) is 60.2 Å². The van der Waals surface area contributed by atoms with Crippen molar-refractivity contribution >= 4 is 46.0 Å². The zero-order chi connectivity index (χ0) is 39.9. The molecular weight excluding hydrogens is 741 g/mol. The average molecular weight is 791 g/mol. The molecule has 4 saturated heterocycles. The fraction of sp³-hybridized carbons (Fsp3) is 0.500. The summed E-state index contributed by atoms with van der Waals surface area (Å²) in [4.78, 5) is 70.5. The number of morpholine rings is 1. The number of benzene rings is 2. The van der Waals surface area contributed by atoms with Gasteiger partial charge in [-0.15, -0.1) is 0 Å². The van der Waals surface area contributed by atoms with E-state index in [4.69, 9.17) is 9.47 Å². The minimum atomic E-state index is -0.961. The van der Waals surface area contributed by atoms with Gasteiger partial charge in [0.25, 0.3) is 11.8 Å². The summed E-state index contributed by atoms with van der Waals surface area (Å²) in [6.45, 7) is 13.9. The summed E-state index contributed by atoms with van der Waals surface area (Å²) in [5.74, 6) is 0.339. The Morgan fingerprint density at radius 3 is 2.38 bits per heavy atom. The number of piperazine rings is 1. The number of aromatic amines is 1. The van der Waals surface area contributed by atoms with E-state index >= 15 is 0 Å². The van der Waals surface area contributed by atoms with E-state index in [2.05, 4.69) is 45.1 Å². The van der Waals surface area contributed by atoms with Crippen LogP contribution in [0.15, 0.2) is 48.8 Å². The highest BCUT2D eigenvalue weighted by Gasteiger charge is 2.45. The van der Waals surface area contributed by atoms with Crippen LogP contribution < -0.4 is 19.9 Å². The molecule has 0 aliphatic carbocycles. The molecule has 2 atom stereocenters. The fourth-order valence-corrected chi connectivity index (χ4v) is 9.06. The van der Waals surface area contributed by atoms with E-state index in [1.165, 1.54) is 0 Å². The van der Waals surface area contributed by atoms with Crippen molar-refractivity contribution < 1.29 is 28.7 Å². The first-order valence-electron chi connectivity index (χ1n) is 20.6. The van der Waals surface area contributed by atoms with Gasteiger partial charge in [-0.05, 0) is 75.4 Å². The number of hydrogen-bond donors (Lipinski definition) is 2. The Morgan fingerprint density at radius 1 is 0.828 bits per heavy atom. The maximum absolute atomic E-state index is 13.4. The van der Waals surface area contributed by atoms with Crippen molar-refractivity contribution in [3.63, 3.8) is 0 Å². The number of H-pyrrole nitrogens is 1. The minimum absolute atomic E-state index is 0.0768. The predicted octanol–water partition coefficient (Wildman–Crippen LogP) is 2.95. The second-order valence-corrected chi connectivity index (χ2v) is 16.4. The smallest absolute Gasteiger partial charge is 0.262 e. The Balaban J connectivity index is 0.739. The summed E-state index contributed by atoms with van der Waals surface area (Å²) >= 11 is 0. The molecule has 0 saturated carbocycles. The zero-order valence-corrected chi connectivity index (χ0v) is 33.1. The maximum atomic E-state index is 13.4. The second-order valence-electron chi connectivity index (χ2n) is 16.4. The molecule has 5 aliphatic heterocycles. The fourth-order valence-electron chi connectivity index (χ4n) is 9.06. The quantitative estimate of drug-likeness (QED) is 0.225. The van der Waals surface area contributed by atoms with Gasteiger partial charge in [-0.2, -0.15) is 5.10 Å². The van der Waals surface area contributed by atoms with Crippen LogP contribution in [0.25, 0.3) is 22.3 Å². The van der Waals surface area contributed by atoms with Gasteiger partial charge in [0.15, 0.2) is 0 Å². The summed E-state index contributed by atoms with van der Waals surface area (Å²) in [5, 5.41) is 10.9. The van der Waals surface area contributed by atoms with Crippen LogP contribution in [0, 0.1) is 5.92 Å². The molecule has 304 valence electrons. The van der Waals surface area contributed by atoms with Gasteiger partial charge in [-0.1, -0.05) is 0 Å². The summed E-state index contributed by atoms with van der Waals surface area (Å²) in [5.41, 5.74) is 4.02. The van der Waals surface area contributed by atoms with E-state index in [9.17, 15) is 19.2 Å². The Labute approximate surface area is 336 Å². The van der Waals surface area contributed by atoms with Crippen LogP contribution >= 0.6 is 0 Å². The lowest BCUT2D eigenvalue weighted by Crippen LogP contribution is -2.54. The van der Waals surface area contributed by atoms with Crippen LogP contribution in [-0.2, 0) is 14.3 Å². The van der Waals surface area contributed by atoms with Crippen LogP contribution in [0.2, 0.25) is 0 Å². The normalized spacial score (nSPS) is 22.6. The van der Waals surface area contributed by atoms with Crippen molar-refractivity contribution in [3.05, 3.63) is 59.9 Å². The van der Waals surface area contributed by atoms with Crippen LogP contribution in [0.5, 0.6) is 5.75 Å². The highest BCUT2D eigenvalue weighted by atomic mass is 16.5. The number of imide groups is 2. The number of nitrogens with one attached hydrogen (secondary N) is 2. The molecular formula is C42H50N10O6. The first kappa shape index (κ1) is 38.1. The Morgan fingerprint density at radius 2 is 1.60 bits per heavy atom. The molecule has 2 aromatic carbocycles. The molecule has 0 spiro atoms. The number of carbonyl (C=O) groups excluding carboxylic acids is 4. The largest absolute Gasteiger partial charge is 0.491 e. The number of amides is 4. The Kier molecular flexibility index (Phi) is 10.6. The van der Waals surface area contributed by atoms with Crippen molar-refractivity contribution in [2.75, 3.05) is 81.9 Å². The Bertz CT molecular complexity index is 2210. The Hall–Kier alpha value is -5.45. The number of rotatable bonds is 10.